The van der Waals surface area contributed by atoms with Crippen LogP contribution in [-0.4, -0.2) is 28.9 Å². The normalized spacial score (nSPS) is 13.8. The molecular formula is C13H17NO3. The van der Waals surface area contributed by atoms with Crippen molar-refractivity contribution in [3.63, 3.8) is 0 Å². The molecule has 4 heteroatoms. The molecule has 1 amide bonds. The minimum atomic E-state index is -1.28. The van der Waals surface area contributed by atoms with Crippen LogP contribution in [-0.2, 0) is 15.1 Å². The summed E-state index contributed by atoms with van der Waals surface area (Å²) in [6.07, 6.45) is 0.322. The average molecular weight is 235 g/mol. The van der Waals surface area contributed by atoms with E-state index in [0.29, 0.717) is 12.0 Å². The average Bonchev–Trinajstić information content (AvgIpc) is 2.31. The Kier molecular flexibility index (Phi) is 3.89. The smallest absolute Gasteiger partial charge is 0.334 e. The summed E-state index contributed by atoms with van der Waals surface area (Å²) < 4.78 is 0. The maximum absolute atomic E-state index is 11.6. The molecule has 4 nitrogen and oxygen atoms in total. The van der Waals surface area contributed by atoms with E-state index in [1.54, 1.807) is 31.2 Å². The third kappa shape index (κ3) is 2.16. The van der Waals surface area contributed by atoms with Crippen LogP contribution in [0.2, 0.25) is 0 Å². The molecule has 17 heavy (non-hydrogen) atoms. The van der Waals surface area contributed by atoms with Gasteiger partial charge in [0.05, 0.1) is 0 Å². The van der Waals surface area contributed by atoms with Gasteiger partial charge in [-0.2, -0.15) is 0 Å². The van der Waals surface area contributed by atoms with E-state index >= 15 is 0 Å². The second-order valence-corrected chi connectivity index (χ2v) is 3.96. The van der Waals surface area contributed by atoms with E-state index in [1.165, 1.54) is 18.9 Å². The van der Waals surface area contributed by atoms with Crippen molar-refractivity contribution in [3.8, 4) is 0 Å². The van der Waals surface area contributed by atoms with Gasteiger partial charge in [-0.1, -0.05) is 37.3 Å². The molecule has 0 spiro atoms. The fraction of sp³-hybridized carbons (Fsp3) is 0.385. The summed E-state index contributed by atoms with van der Waals surface area (Å²) in [7, 11) is 1.52. The van der Waals surface area contributed by atoms with E-state index in [-0.39, 0.29) is 5.91 Å². The Morgan fingerprint density at radius 1 is 1.29 bits per heavy atom. The van der Waals surface area contributed by atoms with Crippen LogP contribution in [0.4, 0.5) is 0 Å². The molecule has 92 valence electrons. The van der Waals surface area contributed by atoms with Gasteiger partial charge in [0.1, 0.15) is 0 Å². The van der Waals surface area contributed by atoms with Gasteiger partial charge in [0, 0.05) is 14.0 Å². The second kappa shape index (κ2) is 4.99. The minimum absolute atomic E-state index is 0.266. The number of likely N-dealkylation sites (N-methyl/N-ethyl adjacent to an activating group) is 1. The van der Waals surface area contributed by atoms with E-state index in [9.17, 15) is 14.7 Å². The zero-order chi connectivity index (χ0) is 13.1. The first kappa shape index (κ1) is 13.2. The minimum Gasteiger partial charge on any atom is -0.479 e. The fourth-order valence-electron chi connectivity index (χ4n) is 2.04. The van der Waals surface area contributed by atoms with Crippen LogP contribution >= 0.6 is 0 Å². The Balaban J connectivity index is 3.38. The number of hydrogen-bond donors (Lipinski definition) is 1. The molecule has 1 unspecified atom stereocenters. The topological polar surface area (TPSA) is 57.6 Å². The quantitative estimate of drug-likeness (QED) is 0.866. The molecule has 0 aliphatic rings. The van der Waals surface area contributed by atoms with Gasteiger partial charge in [0.25, 0.3) is 0 Å². The molecule has 1 aromatic rings. The summed E-state index contributed by atoms with van der Waals surface area (Å²) in [6.45, 7) is 3.14. The Morgan fingerprint density at radius 2 is 1.82 bits per heavy atom. The monoisotopic (exact) mass is 235 g/mol. The lowest BCUT2D eigenvalue weighted by atomic mass is 9.85. The number of carbonyl (C=O) groups excluding carboxylic acids is 1. The fourth-order valence-corrected chi connectivity index (χ4v) is 2.04. The Hall–Kier alpha value is -1.84. The lowest BCUT2D eigenvalue weighted by Gasteiger charge is -2.37. The number of amides is 1. The summed E-state index contributed by atoms with van der Waals surface area (Å²) in [5, 5.41) is 9.50. The highest BCUT2D eigenvalue weighted by molar-refractivity contribution is 5.87. The number of carboxylic acids is 1. The van der Waals surface area contributed by atoms with Crippen LogP contribution in [0, 0.1) is 0 Å². The molecule has 0 heterocycles. The predicted octanol–water partition coefficient (Wildman–Crippen LogP) is 1.85. The molecular weight excluding hydrogens is 218 g/mol. The SMILES string of the molecule is CCC(C(=O)O)(c1ccccc1)N(C)C(C)=O. The predicted molar refractivity (Wildman–Crippen MR) is 64.5 cm³/mol. The van der Waals surface area contributed by atoms with Crippen LogP contribution in [0.3, 0.4) is 0 Å². The van der Waals surface area contributed by atoms with E-state index < -0.39 is 11.5 Å². The molecule has 0 aromatic heterocycles. The van der Waals surface area contributed by atoms with Crippen molar-refractivity contribution in [2.75, 3.05) is 7.05 Å². The van der Waals surface area contributed by atoms with Crippen molar-refractivity contribution in [2.24, 2.45) is 0 Å². The molecule has 1 atom stereocenters. The van der Waals surface area contributed by atoms with E-state index in [1.807, 2.05) is 6.07 Å². The Bertz CT molecular complexity index is 416. The van der Waals surface area contributed by atoms with Crippen LogP contribution in [0.1, 0.15) is 25.8 Å². The molecule has 0 aliphatic heterocycles. The van der Waals surface area contributed by atoms with Gasteiger partial charge >= 0.3 is 5.97 Å². The van der Waals surface area contributed by atoms with Gasteiger partial charge in [-0.05, 0) is 12.0 Å². The number of carboxylic acid groups (broad SMARTS) is 1. The van der Waals surface area contributed by atoms with Gasteiger partial charge in [-0.15, -0.1) is 0 Å². The van der Waals surface area contributed by atoms with Gasteiger partial charge in [-0.3, -0.25) is 4.79 Å². The third-order valence-electron chi connectivity index (χ3n) is 3.16. The molecule has 0 saturated heterocycles. The maximum Gasteiger partial charge on any atom is 0.334 e. The number of hydrogen-bond acceptors (Lipinski definition) is 2. The second-order valence-electron chi connectivity index (χ2n) is 3.96. The number of benzene rings is 1. The largest absolute Gasteiger partial charge is 0.479 e. The van der Waals surface area contributed by atoms with E-state index in [4.69, 9.17) is 0 Å². The van der Waals surface area contributed by atoms with Gasteiger partial charge in [0.15, 0.2) is 5.54 Å². The van der Waals surface area contributed by atoms with Crippen LogP contribution in [0.25, 0.3) is 0 Å². The lowest BCUT2D eigenvalue weighted by molar-refractivity contribution is -0.158. The van der Waals surface area contributed by atoms with Crippen LogP contribution < -0.4 is 0 Å². The van der Waals surface area contributed by atoms with Crippen molar-refractivity contribution in [1.82, 2.24) is 4.90 Å². The van der Waals surface area contributed by atoms with Gasteiger partial charge < -0.3 is 10.0 Å². The first-order chi connectivity index (χ1) is 7.96. The number of rotatable bonds is 4. The molecule has 0 aliphatic carbocycles. The highest BCUT2D eigenvalue weighted by atomic mass is 16.4. The van der Waals surface area contributed by atoms with Crippen LogP contribution in [0.15, 0.2) is 30.3 Å². The molecule has 1 N–H and O–H groups in total. The zero-order valence-corrected chi connectivity index (χ0v) is 10.3. The highest BCUT2D eigenvalue weighted by Crippen LogP contribution is 2.31. The molecule has 0 fully saturated rings. The summed E-state index contributed by atoms with van der Waals surface area (Å²) in [4.78, 5) is 24.4. The van der Waals surface area contributed by atoms with Gasteiger partial charge in [0.2, 0.25) is 5.91 Å². The van der Waals surface area contributed by atoms with Gasteiger partial charge in [-0.25, -0.2) is 4.79 Å². The lowest BCUT2D eigenvalue weighted by Crippen LogP contribution is -2.51. The Labute approximate surface area is 101 Å². The van der Waals surface area contributed by atoms with E-state index in [0.717, 1.165) is 0 Å². The van der Waals surface area contributed by atoms with Crippen molar-refractivity contribution >= 4 is 11.9 Å². The summed E-state index contributed by atoms with van der Waals surface area (Å²) in [5.74, 6) is -1.28. The summed E-state index contributed by atoms with van der Waals surface area (Å²) >= 11 is 0. The molecule has 0 saturated carbocycles. The molecule has 0 bridgehead atoms. The first-order valence-electron chi connectivity index (χ1n) is 5.50. The maximum atomic E-state index is 11.6. The first-order valence-corrected chi connectivity index (χ1v) is 5.50. The zero-order valence-electron chi connectivity index (χ0n) is 10.3. The molecule has 0 radical (unpaired) electrons. The van der Waals surface area contributed by atoms with Crippen molar-refractivity contribution in [3.05, 3.63) is 35.9 Å². The van der Waals surface area contributed by atoms with Crippen molar-refractivity contribution in [1.29, 1.82) is 0 Å². The van der Waals surface area contributed by atoms with Crippen LogP contribution in [0.5, 0.6) is 0 Å². The third-order valence-corrected chi connectivity index (χ3v) is 3.16. The number of carbonyl (C=O) groups is 2. The van der Waals surface area contributed by atoms with Crippen molar-refractivity contribution in [2.45, 2.75) is 25.8 Å². The number of aliphatic carboxylic acids is 1. The number of nitrogens with zero attached hydrogens (tertiary/aromatic N) is 1. The highest BCUT2D eigenvalue weighted by Gasteiger charge is 2.43. The summed E-state index contributed by atoms with van der Waals surface area (Å²) in [5.41, 5.74) is -0.666. The van der Waals surface area contributed by atoms with E-state index in [2.05, 4.69) is 0 Å². The van der Waals surface area contributed by atoms with Crippen molar-refractivity contribution < 1.29 is 14.7 Å². The standard InChI is InChI=1S/C13H17NO3/c1-4-13(12(16)17,14(3)10(2)15)11-8-6-5-7-9-11/h5-9H,4H2,1-3H3,(H,16,17). The summed E-state index contributed by atoms with van der Waals surface area (Å²) in [6, 6.07) is 8.83. The Morgan fingerprint density at radius 3 is 2.18 bits per heavy atom. The molecule has 1 rings (SSSR count). The molecule has 1 aromatic carbocycles.